The second-order valence-electron chi connectivity index (χ2n) is 6.02. The zero-order valence-electron chi connectivity index (χ0n) is 13.7. The molecule has 2 amide bonds. The predicted octanol–water partition coefficient (Wildman–Crippen LogP) is 2.32. The Balaban J connectivity index is 1.82. The number of carbonyl (C=O) groups is 1. The number of aliphatic hydroxyl groups is 1. The van der Waals surface area contributed by atoms with E-state index in [1.807, 2.05) is 0 Å². The summed E-state index contributed by atoms with van der Waals surface area (Å²) in [5, 5.41) is 12.4. The third kappa shape index (κ3) is 4.82. The first-order chi connectivity index (χ1) is 11.0. The van der Waals surface area contributed by atoms with Crippen LogP contribution in [0.4, 0.5) is 9.18 Å². The number of rotatable bonds is 6. The fourth-order valence-corrected chi connectivity index (χ4v) is 3.02. The molecule has 1 aromatic carbocycles. The number of benzene rings is 1. The monoisotopic (exact) mass is 324 g/mol. The third-order valence-corrected chi connectivity index (χ3v) is 4.16. The Bertz CT molecular complexity index is 537. The van der Waals surface area contributed by atoms with Gasteiger partial charge in [0.05, 0.1) is 13.2 Å². The molecule has 0 aliphatic carbocycles. The lowest BCUT2D eigenvalue weighted by Crippen LogP contribution is -2.44. The molecule has 0 radical (unpaired) electrons. The number of nitrogens with zero attached hydrogens (tertiary/aromatic N) is 1. The molecule has 0 bridgehead atoms. The van der Waals surface area contributed by atoms with E-state index in [1.165, 1.54) is 13.2 Å². The van der Waals surface area contributed by atoms with Crippen molar-refractivity contribution in [2.45, 2.75) is 44.8 Å². The number of hydrogen-bond acceptors (Lipinski definition) is 3. The first-order valence-electron chi connectivity index (χ1n) is 8.06. The average Bonchev–Trinajstić information content (AvgIpc) is 2.96. The van der Waals surface area contributed by atoms with Gasteiger partial charge in [0, 0.05) is 19.1 Å². The number of carbonyl (C=O) groups excluding carboxylic acids is 1. The highest BCUT2D eigenvalue weighted by Crippen LogP contribution is 2.21. The molecule has 0 saturated carbocycles. The summed E-state index contributed by atoms with van der Waals surface area (Å²) in [6, 6.07) is 4.72. The number of aliphatic hydroxyl groups excluding tert-OH is 1. The van der Waals surface area contributed by atoms with Crippen LogP contribution in [0.5, 0.6) is 5.75 Å². The van der Waals surface area contributed by atoms with Gasteiger partial charge in [0.25, 0.3) is 0 Å². The van der Waals surface area contributed by atoms with E-state index in [2.05, 4.69) is 5.32 Å². The quantitative estimate of drug-likeness (QED) is 0.844. The van der Waals surface area contributed by atoms with Gasteiger partial charge < -0.3 is 20.1 Å². The number of nitrogens with one attached hydrogen (secondary N) is 1. The molecule has 23 heavy (non-hydrogen) atoms. The van der Waals surface area contributed by atoms with Gasteiger partial charge in [-0.1, -0.05) is 6.07 Å². The molecule has 2 unspecified atom stereocenters. The van der Waals surface area contributed by atoms with E-state index < -0.39 is 11.9 Å². The standard InChI is InChI=1S/C17H25FN2O3/c1-12(21)10-14-4-3-9-20(14)17(22)19-8-7-13-5-6-15(18)16(11-13)23-2/h5-6,11-12,14,21H,3-4,7-10H2,1-2H3,(H,19,22). The van der Waals surface area contributed by atoms with Crippen LogP contribution in [0.2, 0.25) is 0 Å². The van der Waals surface area contributed by atoms with Crippen molar-refractivity contribution in [3.05, 3.63) is 29.6 Å². The second-order valence-corrected chi connectivity index (χ2v) is 6.02. The summed E-state index contributed by atoms with van der Waals surface area (Å²) < 4.78 is 18.3. The zero-order chi connectivity index (χ0) is 16.8. The van der Waals surface area contributed by atoms with Gasteiger partial charge in [-0.3, -0.25) is 0 Å². The predicted molar refractivity (Wildman–Crippen MR) is 86.1 cm³/mol. The van der Waals surface area contributed by atoms with E-state index in [0.29, 0.717) is 19.4 Å². The molecule has 1 aromatic rings. The Labute approximate surface area is 136 Å². The van der Waals surface area contributed by atoms with Crippen LogP contribution in [-0.4, -0.2) is 48.4 Å². The molecule has 0 spiro atoms. The summed E-state index contributed by atoms with van der Waals surface area (Å²) >= 11 is 0. The van der Waals surface area contributed by atoms with E-state index in [0.717, 1.165) is 24.9 Å². The van der Waals surface area contributed by atoms with Gasteiger partial charge >= 0.3 is 6.03 Å². The number of amides is 2. The molecule has 1 aliphatic heterocycles. The average molecular weight is 324 g/mol. The summed E-state index contributed by atoms with van der Waals surface area (Å²) in [5.41, 5.74) is 0.908. The highest BCUT2D eigenvalue weighted by atomic mass is 19.1. The molecular weight excluding hydrogens is 299 g/mol. The minimum Gasteiger partial charge on any atom is -0.494 e. The van der Waals surface area contributed by atoms with Crippen LogP contribution in [0, 0.1) is 5.82 Å². The maximum Gasteiger partial charge on any atom is 0.317 e. The van der Waals surface area contributed by atoms with Gasteiger partial charge in [-0.25, -0.2) is 9.18 Å². The lowest BCUT2D eigenvalue weighted by Gasteiger charge is -2.26. The fourth-order valence-electron chi connectivity index (χ4n) is 3.02. The Kier molecular flexibility index (Phi) is 6.21. The minimum absolute atomic E-state index is 0.0952. The van der Waals surface area contributed by atoms with Crippen LogP contribution in [-0.2, 0) is 6.42 Å². The van der Waals surface area contributed by atoms with Crippen LogP contribution in [0.3, 0.4) is 0 Å². The zero-order valence-corrected chi connectivity index (χ0v) is 13.7. The Hall–Kier alpha value is -1.82. The molecule has 6 heteroatoms. The molecule has 1 saturated heterocycles. The van der Waals surface area contributed by atoms with Crippen molar-refractivity contribution in [2.24, 2.45) is 0 Å². The summed E-state index contributed by atoms with van der Waals surface area (Å²) in [6.07, 6.45) is 2.73. The van der Waals surface area contributed by atoms with Crippen LogP contribution in [0.1, 0.15) is 31.7 Å². The van der Waals surface area contributed by atoms with E-state index in [4.69, 9.17) is 4.74 Å². The van der Waals surface area contributed by atoms with Gasteiger partial charge in [-0.05, 0) is 50.3 Å². The molecular formula is C17H25FN2O3. The largest absolute Gasteiger partial charge is 0.494 e. The fraction of sp³-hybridized carbons (Fsp3) is 0.588. The summed E-state index contributed by atoms with van der Waals surface area (Å²) in [7, 11) is 1.43. The van der Waals surface area contributed by atoms with Gasteiger partial charge in [0.2, 0.25) is 0 Å². The highest BCUT2D eigenvalue weighted by molar-refractivity contribution is 5.74. The van der Waals surface area contributed by atoms with Crippen molar-refractivity contribution in [1.82, 2.24) is 10.2 Å². The highest BCUT2D eigenvalue weighted by Gasteiger charge is 2.29. The second kappa shape index (κ2) is 8.15. The summed E-state index contributed by atoms with van der Waals surface area (Å²) in [6.45, 7) is 2.95. The van der Waals surface area contributed by atoms with Crippen molar-refractivity contribution in [3.63, 3.8) is 0 Å². The Morgan fingerprint density at radius 1 is 1.57 bits per heavy atom. The Morgan fingerprint density at radius 2 is 2.35 bits per heavy atom. The number of hydrogen-bond donors (Lipinski definition) is 2. The lowest BCUT2D eigenvalue weighted by atomic mass is 10.1. The van der Waals surface area contributed by atoms with E-state index >= 15 is 0 Å². The number of methoxy groups -OCH3 is 1. The van der Waals surface area contributed by atoms with Gasteiger partial charge in [0.15, 0.2) is 11.6 Å². The first kappa shape index (κ1) is 17.5. The Morgan fingerprint density at radius 3 is 3.04 bits per heavy atom. The molecule has 2 rings (SSSR count). The SMILES string of the molecule is COc1cc(CCNC(=O)N2CCCC2CC(C)O)ccc1F. The van der Waals surface area contributed by atoms with Crippen LogP contribution < -0.4 is 10.1 Å². The molecule has 0 aromatic heterocycles. The summed E-state index contributed by atoms with van der Waals surface area (Å²) in [4.78, 5) is 14.1. The minimum atomic E-state index is -0.403. The number of likely N-dealkylation sites (tertiary alicyclic amines) is 1. The van der Waals surface area contributed by atoms with E-state index in [9.17, 15) is 14.3 Å². The van der Waals surface area contributed by atoms with Crippen LogP contribution in [0.15, 0.2) is 18.2 Å². The lowest BCUT2D eigenvalue weighted by molar-refractivity contribution is 0.138. The van der Waals surface area contributed by atoms with E-state index in [1.54, 1.807) is 24.0 Å². The van der Waals surface area contributed by atoms with Crippen molar-refractivity contribution in [3.8, 4) is 5.75 Å². The van der Waals surface area contributed by atoms with Gasteiger partial charge in [0.1, 0.15) is 0 Å². The van der Waals surface area contributed by atoms with Crippen LogP contribution >= 0.6 is 0 Å². The molecule has 1 heterocycles. The third-order valence-electron chi connectivity index (χ3n) is 4.16. The van der Waals surface area contributed by atoms with Crippen molar-refractivity contribution < 1.29 is 19.0 Å². The smallest absolute Gasteiger partial charge is 0.317 e. The molecule has 2 N–H and O–H groups in total. The molecule has 2 atom stereocenters. The maximum atomic E-state index is 13.4. The normalized spacial score (nSPS) is 18.8. The molecule has 5 nitrogen and oxygen atoms in total. The number of ether oxygens (including phenoxy) is 1. The topological polar surface area (TPSA) is 61.8 Å². The van der Waals surface area contributed by atoms with Crippen molar-refractivity contribution in [2.75, 3.05) is 20.2 Å². The molecule has 1 aliphatic rings. The number of halogens is 1. The molecule has 1 fully saturated rings. The van der Waals surface area contributed by atoms with E-state index in [-0.39, 0.29) is 17.8 Å². The summed E-state index contributed by atoms with van der Waals surface area (Å²) in [5.74, 6) is -0.177. The molecule has 128 valence electrons. The van der Waals surface area contributed by atoms with Gasteiger partial charge in [-0.2, -0.15) is 0 Å². The van der Waals surface area contributed by atoms with Crippen LogP contribution in [0.25, 0.3) is 0 Å². The maximum absolute atomic E-state index is 13.4. The van der Waals surface area contributed by atoms with Gasteiger partial charge in [-0.15, -0.1) is 0 Å². The van der Waals surface area contributed by atoms with Crippen molar-refractivity contribution >= 4 is 6.03 Å². The number of urea groups is 1. The van der Waals surface area contributed by atoms with Crippen molar-refractivity contribution in [1.29, 1.82) is 0 Å². The first-order valence-corrected chi connectivity index (χ1v) is 8.06.